The fourth-order valence-corrected chi connectivity index (χ4v) is 2.19. The van der Waals surface area contributed by atoms with Gasteiger partial charge < -0.3 is 10.0 Å². The van der Waals surface area contributed by atoms with E-state index in [1.54, 1.807) is 0 Å². The van der Waals surface area contributed by atoms with Crippen molar-refractivity contribution in [2.75, 3.05) is 18.1 Å². The lowest BCUT2D eigenvalue weighted by molar-refractivity contribution is -0.385. The molecule has 0 bridgehead atoms. The van der Waals surface area contributed by atoms with Crippen LogP contribution in [0.1, 0.15) is 26.7 Å². The van der Waals surface area contributed by atoms with Gasteiger partial charge in [-0.2, -0.15) is 0 Å². The van der Waals surface area contributed by atoms with Crippen LogP contribution in [0.4, 0.5) is 15.8 Å². The molecule has 0 aliphatic heterocycles. The number of nitro benzene ring substituents is 1. The minimum Gasteiger partial charge on any atom is -0.395 e. The molecule has 0 heterocycles. The first kappa shape index (κ1) is 15.4. The summed E-state index contributed by atoms with van der Waals surface area (Å²) in [6.07, 6.45) is 1.64. The highest BCUT2D eigenvalue weighted by Gasteiger charge is 2.19. The molecule has 1 rings (SSSR count). The summed E-state index contributed by atoms with van der Waals surface area (Å²) in [6.45, 7) is 4.23. The van der Waals surface area contributed by atoms with Crippen molar-refractivity contribution in [2.24, 2.45) is 0 Å². The van der Waals surface area contributed by atoms with E-state index in [-0.39, 0.29) is 18.3 Å². The van der Waals surface area contributed by atoms with Crippen LogP contribution in [0.2, 0.25) is 0 Å². The second-order valence-electron chi connectivity index (χ2n) is 4.31. The van der Waals surface area contributed by atoms with E-state index in [0.29, 0.717) is 12.2 Å². The molecule has 0 saturated heterocycles. The van der Waals surface area contributed by atoms with Gasteiger partial charge in [-0.1, -0.05) is 13.8 Å². The molecule has 0 unspecified atom stereocenters. The molecule has 1 N–H and O–H groups in total. The van der Waals surface area contributed by atoms with Crippen LogP contribution in [0, 0.1) is 15.9 Å². The number of aliphatic hydroxyl groups is 1. The number of aliphatic hydroxyl groups excluding tert-OH is 1. The minimum atomic E-state index is -0.641. The number of rotatable bonds is 7. The Balaban J connectivity index is 3.17. The highest BCUT2D eigenvalue weighted by Crippen LogP contribution is 2.26. The molecular formula is C13H19FN2O3. The average molecular weight is 270 g/mol. The zero-order valence-corrected chi connectivity index (χ0v) is 11.2. The molecule has 0 aliphatic carbocycles. The molecule has 0 fully saturated rings. The molecule has 0 aromatic heterocycles. The van der Waals surface area contributed by atoms with Gasteiger partial charge in [0.25, 0.3) is 5.69 Å². The molecule has 19 heavy (non-hydrogen) atoms. The van der Waals surface area contributed by atoms with Crippen molar-refractivity contribution in [3.63, 3.8) is 0 Å². The fourth-order valence-electron chi connectivity index (χ4n) is 2.19. The van der Waals surface area contributed by atoms with Gasteiger partial charge in [-0.3, -0.25) is 10.1 Å². The van der Waals surface area contributed by atoms with E-state index in [1.165, 1.54) is 12.1 Å². The van der Waals surface area contributed by atoms with Crippen LogP contribution in [-0.2, 0) is 0 Å². The van der Waals surface area contributed by atoms with Crippen molar-refractivity contribution in [2.45, 2.75) is 32.7 Å². The second-order valence-corrected chi connectivity index (χ2v) is 4.31. The molecule has 6 heteroatoms. The van der Waals surface area contributed by atoms with Gasteiger partial charge in [0.05, 0.1) is 17.6 Å². The molecule has 1 aromatic rings. The Kier molecular flexibility index (Phi) is 5.69. The summed E-state index contributed by atoms with van der Waals surface area (Å²) in [5.74, 6) is -0.641. The smallest absolute Gasteiger partial charge is 0.274 e. The van der Waals surface area contributed by atoms with E-state index in [2.05, 4.69) is 0 Å². The van der Waals surface area contributed by atoms with Crippen LogP contribution in [0.3, 0.4) is 0 Å². The third-order valence-electron chi connectivity index (χ3n) is 3.13. The second kappa shape index (κ2) is 7.04. The Morgan fingerprint density at radius 3 is 2.47 bits per heavy atom. The van der Waals surface area contributed by atoms with Gasteiger partial charge in [0.1, 0.15) is 5.82 Å². The van der Waals surface area contributed by atoms with Gasteiger partial charge in [0, 0.05) is 24.3 Å². The Morgan fingerprint density at radius 2 is 2.00 bits per heavy atom. The van der Waals surface area contributed by atoms with Crippen molar-refractivity contribution < 1.29 is 14.4 Å². The number of benzene rings is 1. The molecule has 1 aromatic carbocycles. The van der Waals surface area contributed by atoms with Gasteiger partial charge in [0.2, 0.25) is 0 Å². The van der Waals surface area contributed by atoms with Crippen LogP contribution in [0.5, 0.6) is 0 Å². The predicted molar refractivity (Wildman–Crippen MR) is 71.9 cm³/mol. The molecule has 0 spiro atoms. The number of nitro groups is 1. The maximum Gasteiger partial charge on any atom is 0.274 e. The van der Waals surface area contributed by atoms with Crippen molar-refractivity contribution in [1.82, 2.24) is 0 Å². The van der Waals surface area contributed by atoms with Crippen LogP contribution in [-0.4, -0.2) is 29.2 Å². The topological polar surface area (TPSA) is 66.6 Å². The highest BCUT2D eigenvalue weighted by molar-refractivity contribution is 5.54. The summed E-state index contributed by atoms with van der Waals surface area (Å²) in [4.78, 5) is 12.0. The lowest BCUT2D eigenvalue weighted by Crippen LogP contribution is -2.36. The zero-order chi connectivity index (χ0) is 14.4. The minimum absolute atomic E-state index is 0.0825. The highest BCUT2D eigenvalue weighted by atomic mass is 19.1. The third kappa shape index (κ3) is 3.89. The van der Waals surface area contributed by atoms with Crippen LogP contribution in [0.25, 0.3) is 0 Å². The fraction of sp³-hybridized carbons (Fsp3) is 0.538. The Bertz CT molecular complexity index is 436. The van der Waals surface area contributed by atoms with E-state index < -0.39 is 10.7 Å². The lowest BCUT2D eigenvalue weighted by atomic mass is 10.1. The predicted octanol–water partition coefficient (Wildman–Crippen LogP) is 2.72. The van der Waals surface area contributed by atoms with E-state index in [4.69, 9.17) is 5.11 Å². The molecule has 0 radical (unpaired) electrons. The van der Waals surface area contributed by atoms with E-state index in [1.807, 2.05) is 18.7 Å². The van der Waals surface area contributed by atoms with Gasteiger partial charge >= 0.3 is 0 Å². The first-order valence-electron chi connectivity index (χ1n) is 6.35. The Morgan fingerprint density at radius 1 is 1.37 bits per heavy atom. The molecule has 0 atom stereocenters. The van der Waals surface area contributed by atoms with Gasteiger partial charge in [-0.15, -0.1) is 0 Å². The number of hydrogen-bond donors (Lipinski definition) is 1. The van der Waals surface area contributed by atoms with Crippen molar-refractivity contribution >= 4 is 11.4 Å². The number of halogens is 1. The van der Waals surface area contributed by atoms with Crippen LogP contribution >= 0.6 is 0 Å². The quantitative estimate of drug-likeness (QED) is 0.611. The maximum absolute atomic E-state index is 13.5. The van der Waals surface area contributed by atoms with Crippen molar-refractivity contribution in [3.05, 3.63) is 34.1 Å². The van der Waals surface area contributed by atoms with E-state index in [0.717, 1.165) is 18.9 Å². The summed E-state index contributed by atoms with van der Waals surface area (Å²) in [5, 5.41) is 19.9. The maximum atomic E-state index is 13.5. The summed E-state index contributed by atoms with van der Waals surface area (Å²) in [6, 6.07) is 3.62. The summed E-state index contributed by atoms with van der Waals surface area (Å²) in [5.41, 5.74) is 0.165. The summed E-state index contributed by atoms with van der Waals surface area (Å²) >= 11 is 0. The van der Waals surface area contributed by atoms with Crippen molar-refractivity contribution in [3.8, 4) is 0 Å². The number of non-ortho nitro benzene ring substituents is 1. The molecular weight excluding hydrogens is 251 g/mol. The SMILES string of the molecule is CCC(CC)N(CCO)c1cc(F)cc([N+](=O)[O-])c1. The van der Waals surface area contributed by atoms with Gasteiger partial charge in [-0.05, 0) is 18.9 Å². The number of anilines is 1. The average Bonchev–Trinajstić information content (AvgIpc) is 2.38. The lowest BCUT2D eigenvalue weighted by Gasteiger charge is -2.32. The summed E-state index contributed by atoms with van der Waals surface area (Å²) in [7, 11) is 0. The first-order chi connectivity index (χ1) is 9.03. The third-order valence-corrected chi connectivity index (χ3v) is 3.13. The van der Waals surface area contributed by atoms with E-state index >= 15 is 0 Å². The monoisotopic (exact) mass is 270 g/mol. The van der Waals surface area contributed by atoms with Gasteiger partial charge in [-0.25, -0.2) is 4.39 Å². The Labute approximate surface area is 111 Å². The molecule has 106 valence electrons. The summed E-state index contributed by atoms with van der Waals surface area (Å²) < 4.78 is 13.5. The van der Waals surface area contributed by atoms with Gasteiger partial charge in [0.15, 0.2) is 0 Å². The standard InChI is InChI=1S/C13H19FN2O3/c1-3-11(4-2)15(5-6-17)12-7-10(14)8-13(9-12)16(18)19/h7-9,11,17H,3-6H2,1-2H3. The van der Waals surface area contributed by atoms with E-state index in [9.17, 15) is 14.5 Å². The number of nitrogens with zero attached hydrogens (tertiary/aromatic N) is 2. The number of hydrogen-bond acceptors (Lipinski definition) is 4. The first-order valence-corrected chi connectivity index (χ1v) is 6.35. The Hall–Kier alpha value is -1.69. The van der Waals surface area contributed by atoms with Crippen LogP contribution < -0.4 is 4.90 Å². The molecule has 0 saturated carbocycles. The largest absolute Gasteiger partial charge is 0.395 e. The molecule has 0 amide bonds. The molecule has 5 nitrogen and oxygen atoms in total. The normalized spacial score (nSPS) is 10.8. The molecule has 0 aliphatic rings. The zero-order valence-electron chi connectivity index (χ0n) is 11.2. The van der Waals surface area contributed by atoms with Crippen molar-refractivity contribution in [1.29, 1.82) is 0 Å². The van der Waals surface area contributed by atoms with Crippen LogP contribution in [0.15, 0.2) is 18.2 Å².